The second-order valence-electron chi connectivity index (χ2n) is 6.07. The van der Waals surface area contributed by atoms with Gasteiger partial charge in [-0.05, 0) is 31.4 Å². The number of carbonyl (C=O) groups excluding carboxylic acids is 1. The first kappa shape index (κ1) is 17.5. The Balaban J connectivity index is 1.81. The Bertz CT molecular complexity index is 668. The van der Waals surface area contributed by atoms with Crippen LogP contribution >= 0.6 is 0 Å². The summed E-state index contributed by atoms with van der Waals surface area (Å²) in [7, 11) is 4.70. The first-order valence-electron chi connectivity index (χ1n) is 8.45. The normalized spacial score (nSPS) is 20.4. The number of rotatable bonds is 6. The molecule has 0 bridgehead atoms. The maximum atomic E-state index is 12.4. The van der Waals surface area contributed by atoms with Crippen molar-refractivity contribution in [2.45, 2.75) is 38.3 Å². The van der Waals surface area contributed by atoms with Crippen molar-refractivity contribution >= 4 is 11.6 Å². The number of hydrazone groups is 1. The fraction of sp³-hybridized carbons (Fsp3) is 0.556. The van der Waals surface area contributed by atoms with Gasteiger partial charge in [-0.2, -0.15) is 5.10 Å². The average Bonchev–Trinajstić information content (AvgIpc) is 3.02. The van der Waals surface area contributed by atoms with E-state index in [-0.39, 0.29) is 12.0 Å². The molecule has 1 unspecified atom stereocenters. The number of benzene rings is 1. The highest BCUT2D eigenvalue weighted by Gasteiger charge is 2.31. The van der Waals surface area contributed by atoms with Gasteiger partial charge in [-0.25, -0.2) is 5.01 Å². The summed E-state index contributed by atoms with van der Waals surface area (Å²) in [6.45, 7) is 1.06. The third kappa shape index (κ3) is 3.56. The lowest BCUT2D eigenvalue weighted by molar-refractivity contribution is -0.129. The predicted octanol–water partition coefficient (Wildman–Crippen LogP) is 2.37. The van der Waals surface area contributed by atoms with E-state index in [9.17, 15) is 4.79 Å². The Morgan fingerprint density at radius 1 is 1.16 bits per heavy atom. The molecule has 1 fully saturated rings. The van der Waals surface area contributed by atoms with Crippen molar-refractivity contribution in [1.82, 2.24) is 5.01 Å². The molecule has 0 aliphatic carbocycles. The molecular formula is C18H24N2O5. The summed E-state index contributed by atoms with van der Waals surface area (Å²) < 4.78 is 21.9. The summed E-state index contributed by atoms with van der Waals surface area (Å²) >= 11 is 0. The Morgan fingerprint density at radius 3 is 2.60 bits per heavy atom. The highest BCUT2D eigenvalue weighted by molar-refractivity contribution is 6.07. The van der Waals surface area contributed by atoms with Gasteiger partial charge in [0.05, 0.1) is 46.1 Å². The van der Waals surface area contributed by atoms with Crippen LogP contribution in [-0.4, -0.2) is 50.7 Å². The SMILES string of the molecule is COc1ccc(CN2N=C(C3CCCCO3)CC2=O)c(OC)c1OC. The van der Waals surface area contributed by atoms with E-state index in [4.69, 9.17) is 18.9 Å². The van der Waals surface area contributed by atoms with Crippen molar-refractivity contribution in [3.05, 3.63) is 17.7 Å². The standard InChI is InChI=1S/C18H24N2O5/c1-22-15-8-7-12(17(23-2)18(15)24-3)11-20-16(21)10-13(19-20)14-6-4-5-9-25-14/h7-8,14H,4-6,9-11H2,1-3H3. The minimum Gasteiger partial charge on any atom is -0.493 e. The molecule has 0 saturated carbocycles. The smallest absolute Gasteiger partial charge is 0.248 e. The maximum Gasteiger partial charge on any atom is 0.248 e. The summed E-state index contributed by atoms with van der Waals surface area (Å²) in [6.07, 6.45) is 3.40. The van der Waals surface area contributed by atoms with Gasteiger partial charge < -0.3 is 18.9 Å². The molecule has 2 aliphatic heterocycles. The fourth-order valence-corrected chi connectivity index (χ4v) is 3.25. The Hall–Kier alpha value is -2.28. The van der Waals surface area contributed by atoms with Crippen LogP contribution in [0.25, 0.3) is 0 Å². The first-order valence-corrected chi connectivity index (χ1v) is 8.45. The van der Waals surface area contributed by atoms with E-state index in [0.717, 1.165) is 37.1 Å². The number of hydrogen-bond donors (Lipinski definition) is 0. The van der Waals surface area contributed by atoms with Crippen LogP contribution in [0.15, 0.2) is 17.2 Å². The molecule has 3 rings (SSSR count). The van der Waals surface area contributed by atoms with Gasteiger partial charge in [0.2, 0.25) is 11.7 Å². The molecule has 0 spiro atoms. The fourth-order valence-electron chi connectivity index (χ4n) is 3.25. The second kappa shape index (κ2) is 7.74. The van der Waals surface area contributed by atoms with Gasteiger partial charge in [0.1, 0.15) is 0 Å². The molecule has 136 valence electrons. The lowest BCUT2D eigenvalue weighted by Gasteiger charge is -2.21. The molecule has 0 aromatic heterocycles. The minimum absolute atomic E-state index is 0.0268. The van der Waals surface area contributed by atoms with E-state index in [1.807, 2.05) is 6.07 Å². The number of ether oxygens (including phenoxy) is 4. The summed E-state index contributed by atoms with van der Waals surface area (Å²) in [6, 6.07) is 3.66. The lowest BCUT2D eigenvalue weighted by atomic mass is 10.0. The lowest BCUT2D eigenvalue weighted by Crippen LogP contribution is -2.27. The van der Waals surface area contributed by atoms with E-state index >= 15 is 0 Å². The maximum absolute atomic E-state index is 12.4. The van der Waals surface area contributed by atoms with Crippen LogP contribution in [0.4, 0.5) is 0 Å². The molecule has 7 nitrogen and oxygen atoms in total. The highest BCUT2D eigenvalue weighted by atomic mass is 16.5. The van der Waals surface area contributed by atoms with Crippen LogP contribution in [-0.2, 0) is 16.1 Å². The molecule has 0 radical (unpaired) electrons. The van der Waals surface area contributed by atoms with Crippen molar-refractivity contribution in [3.8, 4) is 17.2 Å². The zero-order valence-corrected chi connectivity index (χ0v) is 14.9. The third-order valence-corrected chi connectivity index (χ3v) is 4.53. The molecule has 1 saturated heterocycles. The van der Waals surface area contributed by atoms with Crippen molar-refractivity contribution in [2.24, 2.45) is 5.10 Å². The van der Waals surface area contributed by atoms with Crippen molar-refractivity contribution in [2.75, 3.05) is 27.9 Å². The van der Waals surface area contributed by atoms with Gasteiger partial charge in [0, 0.05) is 12.2 Å². The van der Waals surface area contributed by atoms with Crippen molar-refractivity contribution < 1.29 is 23.7 Å². The summed E-state index contributed by atoms with van der Waals surface area (Å²) in [5.74, 6) is 1.61. The minimum atomic E-state index is -0.0324. The van der Waals surface area contributed by atoms with Gasteiger partial charge in [-0.3, -0.25) is 4.79 Å². The molecule has 1 atom stereocenters. The molecule has 2 aliphatic rings. The van der Waals surface area contributed by atoms with Crippen LogP contribution < -0.4 is 14.2 Å². The van der Waals surface area contributed by atoms with Gasteiger partial charge in [-0.15, -0.1) is 0 Å². The average molecular weight is 348 g/mol. The summed E-state index contributed by atoms with van der Waals surface area (Å²) in [5, 5.41) is 5.99. The van der Waals surface area contributed by atoms with Gasteiger partial charge in [0.15, 0.2) is 11.5 Å². The molecule has 1 aromatic carbocycles. The number of carbonyl (C=O) groups is 1. The van der Waals surface area contributed by atoms with Crippen molar-refractivity contribution in [3.63, 3.8) is 0 Å². The van der Waals surface area contributed by atoms with Crippen molar-refractivity contribution in [1.29, 1.82) is 0 Å². The van der Waals surface area contributed by atoms with E-state index in [1.54, 1.807) is 27.4 Å². The zero-order valence-electron chi connectivity index (χ0n) is 14.9. The van der Waals surface area contributed by atoms with E-state index < -0.39 is 0 Å². The molecule has 7 heteroatoms. The van der Waals surface area contributed by atoms with Gasteiger partial charge in [0.25, 0.3) is 0 Å². The van der Waals surface area contributed by atoms with Gasteiger partial charge >= 0.3 is 0 Å². The van der Waals surface area contributed by atoms with E-state index in [2.05, 4.69) is 5.10 Å². The van der Waals surface area contributed by atoms with Crippen LogP contribution in [0.3, 0.4) is 0 Å². The largest absolute Gasteiger partial charge is 0.493 e. The first-order chi connectivity index (χ1) is 12.2. The molecule has 1 amide bonds. The number of methoxy groups -OCH3 is 3. The second-order valence-corrected chi connectivity index (χ2v) is 6.07. The Labute approximate surface area is 147 Å². The number of hydrogen-bond acceptors (Lipinski definition) is 6. The summed E-state index contributed by atoms with van der Waals surface area (Å²) in [5.41, 5.74) is 1.63. The van der Waals surface area contributed by atoms with Crippen LogP contribution in [0.5, 0.6) is 17.2 Å². The molecule has 25 heavy (non-hydrogen) atoms. The van der Waals surface area contributed by atoms with Crippen LogP contribution in [0.1, 0.15) is 31.2 Å². The molecule has 0 N–H and O–H groups in total. The van der Waals surface area contributed by atoms with Crippen LogP contribution in [0.2, 0.25) is 0 Å². The van der Waals surface area contributed by atoms with Gasteiger partial charge in [-0.1, -0.05) is 0 Å². The Kier molecular flexibility index (Phi) is 5.43. The quantitative estimate of drug-likeness (QED) is 0.789. The zero-order chi connectivity index (χ0) is 17.8. The van der Waals surface area contributed by atoms with E-state index in [0.29, 0.717) is 30.2 Å². The number of nitrogens with zero attached hydrogens (tertiary/aromatic N) is 2. The monoisotopic (exact) mass is 348 g/mol. The Morgan fingerprint density at radius 2 is 1.96 bits per heavy atom. The predicted molar refractivity (Wildman–Crippen MR) is 92.3 cm³/mol. The summed E-state index contributed by atoms with van der Waals surface area (Å²) in [4.78, 5) is 12.4. The van der Waals surface area contributed by atoms with E-state index in [1.165, 1.54) is 5.01 Å². The topological polar surface area (TPSA) is 69.6 Å². The highest BCUT2D eigenvalue weighted by Crippen LogP contribution is 2.40. The molecule has 2 heterocycles. The van der Waals surface area contributed by atoms with Crippen LogP contribution in [0, 0.1) is 0 Å². The number of amides is 1. The third-order valence-electron chi connectivity index (χ3n) is 4.53. The molecular weight excluding hydrogens is 324 g/mol. The molecule has 1 aromatic rings.